The Labute approximate surface area is 156 Å². The maximum Gasteiger partial charge on any atom is 0.335 e. The summed E-state index contributed by atoms with van der Waals surface area (Å²) in [7, 11) is 0. The van der Waals surface area contributed by atoms with Gasteiger partial charge in [-0.1, -0.05) is 48.5 Å². The van der Waals surface area contributed by atoms with Gasteiger partial charge in [0.05, 0.1) is 17.6 Å². The van der Waals surface area contributed by atoms with Crippen LogP contribution in [0.2, 0.25) is 0 Å². The normalized spacial score (nSPS) is 10.7. The van der Waals surface area contributed by atoms with E-state index in [-0.39, 0.29) is 5.56 Å². The zero-order valence-corrected chi connectivity index (χ0v) is 14.5. The molecule has 0 atom stereocenters. The molecule has 5 nitrogen and oxygen atoms in total. The van der Waals surface area contributed by atoms with Crippen molar-refractivity contribution < 1.29 is 9.90 Å². The lowest BCUT2D eigenvalue weighted by molar-refractivity contribution is 0.0697. The minimum absolute atomic E-state index is 0.199. The topological polar surface area (TPSA) is 68.0 Å². The second-order valence-corrected chi connectivity index (χ2v) is 6.23. The third kappa shape index (κ3) is 3.77. The summed E-state index contributed by atoms with van der Waals surface area (Å²) >= 11 is 0. The van der Waals surface area contributed by atoms with E-state index in [9.17, 15) is 4.79 Å². The van der Waals surface area contributed by atoms with Crippen molar-refractivity contribution in [1.29, 1.82) is 0 Å². The van der Waals surface area contributed by atoms with E-state index in [1.54, 1.807) is 6.33 Å². The number of benzene rings is 2. The fraction of sp³-hybridized carbons (Fsp3) is 0.0455. The monoisotopic (exact) mass is 355 g/mol. The van der Waals surface area contributed by atoms with E-state index in [2.05, 4.69) is 40.3 Å². The number of nitrogens with zero attached hydrogens (tertiary/aromatic N) is 3. The first kappa shape index (κ1) is 16.7. The first-order valence-corrected chi connectivity index (χ1v) is 8.55. The van der Waals surface area contributed by atoms with E-state index in [4.69, 9.17) is 5.11 Å². The lowest BCUT2D eigenvalue weighted by atomic mass is 10.0. The molecule has 4 rings (SSSR count). The summed E-state index contributed by atoms with van der Waals surface area (Å²) in [5, 5.41) is 9.12. The van der Waals surface area contributed by atoms with E-state index in [0.29, 0.717) is 17.9 Å². The van der Waals surface area contributed by atoms with Crippen molar-refractivity contribution in [1.82, 2.24) is 14.5 Å². The molecule has 0 aliphatic carbocycles. The summed E-state index contributed by atoms with van der Waals surface area (Å²) < 4.78 is 1.97. The van der Waals surface area contributed by atoms with Crippen LogP contribution in [0.1, 0.15) is 15.9 Å². The molecule has 0 saturated heterocycles. The standard InChI is InChI=1S/C22H17N3O2/c26-22(27)19-9-10-23-20(12-19)21-14-25(15-24-21)13-16-5-4-8-18(11-16)17-6-2-1-3-7-17/h1-12,14-15H,13H2,(H,26,27). The van der Waals surface area contributed by atoms with E-state index >= 15 is 0 Å². The number of hydrogen-bond donors (Lipinski definition) is 1. The molecule has 0 fully saturated rings. The van der Waals surface area contributed by atoms with Gasteiger partial charge in [-0.2, -0.15) is 0 Å². The smallest absolute Gasteiger partial charge is 0.335 e. The van der Waals surface area contributed by atoms with Crippen LogP contribution in [0.5, 0.6) is 0 Å². The highest BCUT2D eigenvalue weighted by atomic mass is 16.4. The lowest BCUT2D eigenvalue weighted by Gasteiger charge is -2.06. The summed E-state index contributed by atoms with van der Waals surface area (Å²) in [5.41, 5.74) is 4.91. The zero-order chi connectivity index (χ0) is 18.6. The molecule has 0 aliphatic heterocycles. The number of carboxylic acids is 1. The number of rotatable bonds is 5. The summed E-state index contributed by atoms with van der Waals surface area (Å²) in [6.07, 6.45) is 5.10. The molecule has 0 saturated carbocycles. The van der Waals surface area contributed by atoms with Gasteiger partial charge in [0.15, 0.2) is 0 Å². The summed E-state index contributed by atoms with van der Waals surface area (Å²) in [6, 6.07) is 21.6. The van der Waals surface area contributed by atoms with Crippen molar-refractivity contribution in [2.75, 3.05) is 0 Å². The fourth-order valence-electron chi connectivity index (χ4n) is 2.97. The Balaban J connectivity index is 1.57. The van der Waals surface area contributed by atoms with Crippen LogP contribution < -0.4 is 0 Å². The molecule has 2 heterocycles. The molecule has 4 aromatic rings. The Hall–Kier alpha value is -3.73. The van der Waals surface area contributed by atoms with E-state index in [0.717, 1.165) is 5.56 Å². The van der Waals surface area contributed by atoms with E-state index in [1.807, 2.05) is 35.0 Å². The van der Waals surface area contributed by atoms with E-state index < -0.39 is 5.97 Å². The maximum absolute atomic E-state index is 11.1. The van der Waals surface area contributed by atoms with Crippen LogP contribution in [-0.2, 0) is 6.54 Å². The van der Waals surface area contributed by atoms with Crippen molar-refractivity contribution in [2.45, 2.75) is 6.54 Å². The van der Waals surface area contributed by atoms with Gasteiger partial charge in [-0.3, -0.25) is 4.98 Å². The predicted octanol–water partition coefficient (Wildman–Crippen LogP) is 4.36. The zero-order valence-electron chi connectivity index (χ0n) is 14.5. The van der Waals surface area contributed by atoms with Gasteiger partial charge in [0.2, 0.25) is 0 Å². The molecular weight excluding hydrogens is 338 g/mol. The van der Waals surface area contributed by atoms with Gasteiger partial charge >= 0.3 is 5.97 Å². The molecule has 27 heavy (non-hydrogen) atoms. The number of carbonyl (C=O) groups is 1. The molecule has 0 amide bonds. The minimum Gasteiger partial charge on any atom is -0.478 e. The largest absolute Gasteiger partial charge is 0.478 e. The molecule has 0 spiro atoms. The third-order valence-corrected chi connectivity index (χ3v) is 4.30. The van der Waals surface area contributed by atoms with Crippen LogP contribution in [0.25, 0.3) is 22.5 Å². The summed E-state index contributed by atoms with van der Waals surface area (Å²) in [4.78, 5) is 19.7. The molecular formula is C22H17N3O2. The van der Waals surface area contributed by atoms with Crippen LogP contribution in [-0.4, -0.2) is 25.6 Å². The molecule has 1 N–H and O–H groups in total. The average Bonchev–Trinajstić information content (AvgIpc) is 3.17. The molecule has 0 radical (unpaired) electrons. The van der Waals surface area contributed by atoms with Crippen molar-refractivity contribution in [3.05, 3.63) is 96.6 Å². The molecule has 132 valence electrons. The number of aromatic nitrogens is 3. The van der Waals surface area contributed by atoms with Gasteiger partial charge in [-0.05, 0) is 34.9 Å². The van der Waals surface area contributed by atoms with Gasteiger partial charge < -0.3 is 9.67 Å². The predicted molar refractivity (Wildman–Crippen MR) is 103 cm³/mol. The molecule has 2 aromatic carbocycles. The highest BCUT2D eigenvalue weighted by molar-refractivity contribution is 5.88. The molecule has 0 unspecified atom stereocenters. The molecule has 2 aromatic heterocycles. The van der Waals surface area contributed by atoms with Crippen molar-refractivity contribution >= 4 is 5.97 Å². The summed E-state index contributed by atoms with van der Waals surface area (Å²) in [5.74, 6) is -0.976. The van der Waals surface area contributed by atoms with Crippen LogP contribution in [0.3, 0.4) is 0 Å². The van der Waals surface area contributed by atoms with Gasteiger partial charge in [-0.15, -0.1) is 0 Å². The lowest BCUT2D eigenvalue weighted by Crippen LogP contribution is -1.98. The van der Waals surface area contributed by atoms with Crippen molar-refractivity contribution in [3.8, 4) is 22.5 Å². The Bertz CT molecular complexity index is 1090. The molecule has 0 aliphatic rings. The van der Waals surface area contributed by atoms with Gasteiger partial charge in [-0.25, -0.2) is 9.78 Å². The van der Waals surface area contributed by atoms with Crippen LogP contribution in [0.15, 0.2) is 85.5 Å². The maximum atomic E-state index is 11.1. The van der Waals surface area contributed by atoms with Crippen LogP contribution >= 0.6 is 0 Å². The quantitative estimate of drug-likeness (QED) is 0.578. The first-order valence-electron chi connectivity index (χ1n) is 8.55. The number of pyridine rings is 1. The molecule has 5 heteroatoms. The Morgan fingerprint density at radius 1 is 0.889 bits per heavy atom. The Kier molecular flexibility index (Phi) is 4.49. The fourth-order valence-corrected chi connectivity index (χ4v) is 2.97. The second kappa shape index (κ2) is 7.25. The highest BCUT2D eigenvalue weighted by Crippen LogP contribution is 2.21. The van der Waals surface area contributed by atoms with E-state index in [1.165, 1.54) is 29.5 Å². The Morgan fingerprint density at radius 3 is 2.52 bits per heavy atom. The van der Waals surface area contributed by atoms with Crippen molar-refractivity contribution in [3.63, 3.8) is 0 Å². The number of carboxylic acid groups (broad SMARTS) is 1. The van der Waals surface area contributed by atoms with Crippen molar-refractivity contribution in [2.24, 2.45) is 0 Å². The van der Waals surface area contributed by atoms with Gasteiger partial charge in [0.25, 0.3) is 0 Å². The minimum atomic E-state index is -0.976. The SMILES string of the molecule is O=C(O)c1ccnc(-c2cn(Cc3cccc(-c4ccccc4)c3)cn2)c1. The number of imidazole rings is 1. The Morgan fingerprint density at radius 2 is 1.70 bits per heavy atom. The first-order chi connectivity index (χ1) is 13.2. The average molecular weight is 355 g/mol. The highest BCUT2D eigenvalue weighted by Gasteiger charge is 2.09. The second-order valence-electron chi connectivity index (χ2n) is 6.23. The molecule has 0 bridgehead atoms. The van der Waals surface area contributed by atoms with Gasteiger partial charge in [0, 0.05) is 18.9 Å². The number of hydrogen-bond acceptors (Lipinski definition) is 3. The summed E-state index contributed by atoms with van der Waals surface area (Å²) in [6.45, 7) is 0.673. The third-order valence-electron chi connectivity index (χ3n) is 4.30. The van der Waals surface area contributed by atoms with Crippen LogP contribution in [0.4, 0.5) is 0 Å². The number of aromatic carboxylic acids is 1. The van der Waals surface area contributed by atoms with Crippen LogP contribution in [0, 0.1) is 0 Å². The van der Waals surface area contributed by atoms with Gasteiger partial charge in [0.1, 0.15) is 5.69 Å².